The highest BCUT2D eigenvalue weighted by atomic mass is 16.2. The number of para-hydroxylation sites is 1. The number of nitrogens with zero attached hydrogens (tertiary/aromatic N) is 5. The molecule has 1 amide bonds. The summed E-state index contributed by atoms with van der Waals surface area (Å²) < 4.78 is 1.71. The summed E-state index contributed by atoms with van der Waals surface area (Å²) in [4.78, 5) is 23.2. The van der Waals surface area contributed by atoms with Crippen LogP contribution in [-0.2, 0) is 11.3 Å². The summed E-state index contributed by atoms with van der Waals surface area (Å²) in [5.41, 5.74) is 2.71. The number of anilines is 1. The number of rotatable bonds is 4. The monoisotopic (exact) mass is 323 g/mol. The molecule has 0 aliphatic carbocycles. The number of aryl methyl sites for hydroxylation is 2. The number of carbonyl (C=O) groups excluding carboxylic acids is 1. The first kappa shape index (κ1) is 16.1. The molecule has 24 heavy (non-hydrogen) atoms. The Kier molecular flexibility index (Phi) is 4.29. The van der Waals surface area contributed by atoms with E-state index in [4.69, 9.17) is 0 Å². The molecule has 1 aromatic carbocycles. The van der Waals surface area contributed by atoms with Gasteiger partial charge in [0.15, 0.2) is 5.82 Å². The van der Waals surface area contributed by atoms with E-state index in [1.54, 1.807) is 9.42 Å². The van der Waals surface area contributed by atoms with E-state index < -0.39 is 0 Å². The molecule has 0 aliphatic heterocycles. The van der Waals surface area contributed by atoms with Gasteiger partial charge in [-0.15, -0.1) is 5.10 Å². The molecule has 124 valence electrons. The van der Waals surface area contributed by atoms with Gasteiger partial charge in [0.05, 0.1) is 6.54 Å². The van der Waals surface area contributed by atoms with Crippen molar-refractivity contribution in [2.75, 3.05) is 4.90 Å². The molecule has 0 saturated heterocycles. The van der Waals surface area contributed by atoms with Gasteiger partial charge < -0.3 is 4.90 Å². The predicted octanol–water partition coefficient (Wildman–Crippen LogP) is 2.93. The average Bonchev–Trinajstić information content (AvgIpc) is 2.95. The molecule has 3 aromatic rings. The van der Waals surface area contributed by atoms with Crippen molar-refractivity contribution in [3.63, 3.8) is 0 Å². The molecule has 0 spiro atoms. The summed E-state index contributed by atoms with van der Waals surface area (Å²) in [6.07, 6.45) is 0. The van der Waals surface area contributed by atoms with E-state index in [0.717, 1.165) is 17.1 Å². The van der Waals surface area contributed by atoms with Crippen LogP contribution in [0.25, 0.3) is 5.78 Å². The van der Waals surface area contributed by atoms with Crippen molar-refractivity contribution >= 4 is 17.4 Å². The van der Waals surface area contributed by atoms with Crippen molar-refractivity contribution in [2.45, 2.75) is 34.2 Å². The third-order valence-corrected chi connectivity index (χ3v) is 3.79. The zero-order valence-electron chi connectivity index (χ0n) is 14.4. The number of hydrogen-bond donors (Lipinski definition) is 0. The molecular formula is C18H21N5O. The highest BCUT2D eigenvalue weighted by Crippen LogP contribution is 2.19. The largest absolute Gasteiger partial charge is 0.304 e. The van der Waals surface area contributed by atoms with Crippen molar-refractivity contribution in [3.8, 4) is 0 Å². The first-order valence-electron chi connectivity index (χ1n) is 8.02. The van der Waals surface area contributed by atoms with Crippen LogP contribution < -0.4 is 4.90 Å². The van der Waals surface area contributed by atoms with Crippen molar-refractivity contribution in [3.05, 3.63) is 53.6 Å². The van der Waals surface area contributed by atoms with E-state index in [0.29, 0.717) is 18.1 Å². The minimum absolute atomic E-state index is 0.0425. The van der Waals surface area contributed by atoms with Crippen molar-refractivity contribution < 1.29 is 4.79 Å². The van der Waals surface area contributed by atoms with Gasteiger partial charge in [-0.05, 0) is 32.0 Å². The maximum atomic E-state index is 12.6. The molecule has 0 unspecified atom stereocenters. The van der Waals surface area contributed by atoms with Gasteiger partial charge in [0, 0.05) is 23.0 Å². The second kappa shape index (κ2) is 6.39. The van der Waals surface area contributed by atoms with E-state index >= 15 is 0 Å². The fourth-order valence-electron chi connectivity index (χ4n) is 2.63. The lowest BCUT2D eigenvalue weighted by molar-refractivity contribution is -0.121. The third kappa shape index (κ3) is 3.13. The van der Waals surface area contributed by atoms with Crippen LogP contribution in [0.3, 0.4) is 0 Å². The van der Waals surface area contributed by atoms with E-state index in [1.165, 1.54) is 0 Å². The number of benzene rings is 1. The first-order valence-corrected chi connectivity index (χ1v) is 8.02. The molecule has 2 heterocycles. The molecule has 0 saturated carbocycles. The molecule has 0 N–H and O–H groups in total. The average molecular weight is 323 g/mol. The van der Waals surface area contributed by atoms with Crippen LogP contribution in [0.15, 0.2) is 36.4 Å². The van der Waals surface area contributed by atoms with Crippen LogP contribution in [0.5, 0.6) is 0 Å². The second-order valence-electron chi connectivity index (χ2n) is 6.19. The molecule has 0 aliphatic rings. The Balaban J connectivity index is 1.98. The number of aromatic nitrogens is 4. The Morgan fingerprint density at radius 1 is 1.17 bits per heavy atom. The normalized spacial score (nSPS) is 11.2. The Labute approximate surface area is 141 Å². The van der Waals surface area contributed by atoms with Crippen LogP contribution >= 0.6 is 0 Å². The Hall–Kier alpha value is -2.76. The van der Waals surface area contributed by atoms with Crippen LogP contribution in [0, 0.1) is 19.8 Å². The highest BCUT2D eigenvalue weighted by molar-refractivity contribution is 5.94. The lowest BCUT2D eigenvalue weighted by Crippen LogP contribution is -2.34. The summed E-state index contributed by atoms with van der Waals surface area (Å²) in [5, 5.41) is 4.51. The lowest BCUT2D eigenvalue weighted by atomic mass is 10.1. The number of fused-ring (bicyclic) bond motifs is 1. The second-order valence-corrected chi connectivity index (χ2v) is 6.19. The smallest absolute Gasteiger partial charge is 0.252 e. The van der Waals surface area contributed by atoms with Gasteiger partial charge in [-0.2, -0.15) is 4.98 Å². The maximum Gasteiger partial charge on any atom is 0.252 e. The zero-order valence-corrected chi connectivity index (χ0v) is 14.4. The van der Waals surface area contributed by atoms with Gasteiger partial charge in [0.25, 0.3) is 5.78 Å². The molecule has 0 fully saturated rings. The van der Waals surface area contributed by atoms with Gasteiger partial charge in [-0.3, -0.25) is 4.79 Å². The van der Waals surface area contributed by atoms with E-state index in [-0.39, 0.29) is 11.8 Å². The fourth-order valence-corrected chi connectivity index (χ4v) is 2.63. The quantitative estimate of drug-likeness (QED) is 0.740. The standard InChI is InChI=1S/C18H21N5O/c1-12(2)17(24)22(15-8-6-5-7-9-15)11-16-20-18-19-13(3)10-14(4)23(18)21-16/h5-10,12H,11H2,1-4H3. The molecule has 0 radical (unpaired) electrons. The van der Waals surface area contributed by atoms with Gasteiger partial charge >= 0.3 is 0 Å². The van der Waals surface area contributed by atoms with Crippen LogP contribution in [0.1, 0.15) is 31.1 Å². The summed E-state index contributed by atoms with van der Waals surface area (Å²) in [5.74, 6) is 1.08. The van der Waals surface area contributed by atoms with Gasteiger partial charge in [-0.1, -0.05) is 32.0 Å². The molecule has 0 atom stereocenters. The van der Waals surface area contributed by atoms with Gasteiger partial charge in [-0.25, -0.2) is 9.50 Å². The number of amides is 1. The van der Waals surface area contributed by atoms with Crippen molar-refractivity contribution in [2.24, 2.45) is 5.92 Å². The predicted molar refractivity (Wildman–Crippen MR) is 92.7 cm³/mol. The third-order valence-electron chi connectivity index (χ3n) is 3.79. The molecule has 2 aromatic heterocycles. The van der Waals surface area contributed by atoms with Gasteiger partial charge in [0.1, 0.15) is 0 Å². The number of carbonyl (C=O) groups is 1. The Morgan fingerprint density at radius 2 is 1.88 bits per heavy atom. The molecular weight excluding hydrogens is 302 g/mol. The van der Waals surface area contributed by atoms with Gasteiger partial charge in [0.2, 0.25) is 5.91 Å². The molecule has 6 heteroatoms. The van der Waals surface area contributed by atoms with E-state index in [1.807, 2.05) is 64.1 Å². The van der Waals surface area contributed by atoms with E-state index in [2.05, 4.69) is 15.1 Å². The summed E-state index contributed by atoms with van der Waals surface area (Å²) in [6, 6.07) is 11.6. The van der Waals surface area contributed by atoms with Crippen molar-refractivity contribution in [1.82, 2.24) is 19.6 Å². The Bertz CT molecular complexity index is 870. The SMILES string of the molecule is Cc1cc(C)n2nc(CN(C(=O)C(C)C)c3ccccc3)nc2n1. The first-order chi connectivity index (χ1) is 11.5. The van der Waals surface area contributed by atoms with Crippen LogP contribution in [-0.4, -0.2) is 25.5 Å². The fraction of sp³-hybridized carbons (Fsp3) is 0.333. The van der Waals surface area contributed by atoms with Crippen LogP contribution in [0.4, 0.5) is 5.69 Å². The lowest BCUT2D eigenvalue weighted by Gasteiger charge is -2.23. The minimum Gasteiger partial charge on any atom is -0.304 e. The van der Waals surface area contributed by atoms with E-state index in [9.17, 15) is 4.79 Å². The number of hydrogen-bond acceptors (Lipinski definition) is 4. The highest BCUT2D eigenvalue weighted by Gasteiger charge is 2.21. The minimum atomic E-state index is -0.107. The Morgan fingerprint density at radius 3 is 2.54 bits per heavy atom. The molecule has 6 nitrogen and oxygen atoms in total. The maximum absolute atomic E-state index is 12.6. The van der Waals surface area contributed by atoms with Crippen LogP contribution in [0.2, 0.25) is 0 Å². The summed E-state index contributed by atoms with van der Waals surface area (Å²) >= 11 is 0. The zero-order chi connectivity index (χ0) is 17.3. The molecule has 3 rings (SSSR count). The topological polar surface area (TPSA) is 63.4 Å². The summed E-state index contributed by atoms with van der Waals surface area (Å²) in [6.45, 7) is 8.01. The van der Waals surface area contributed by atoms with Crippen molar-refractivity contribution in [1.29, 1.82) is 0 Å². The summed E-state index contributed by atoms with van der Waals surface area (Å²) in [7, 11) is 0. The molecule has 0 bridgehead atoms.